The molecule has 0 saturated heterocycles. The molecule has 17 heteroatoms. The number of nitrogens with one attached hydrogen (secondary N) is 5. The van der Waals surface area contributed by atoms with Crippen molar-refractivity contribution in [1.29, 1.82) is 0 Å². The lowest BCUT2D eigenvalue weighted by molar-refractivity contribution is -0.159. The average molecular weight is 1000 g/mol. The average Bonchev–Trinajstić information content (AvgIpc) is 3.12. The Hall–Kier alpha value is -4.16. The van der Waals surface area contributed by atoms with Crippen LogP contribution >= 0.6 is 22.6 Å². The van der Waals surface area contributed by atoms with Crippen molar-refractivity contribution in [3.63, 3.8) is 0 Å². The molecular formula is C46H74IN5O11. The third-order valence-corrected chi connectivity index (χ3v) is 10.1. The van der Waals surface area contributed by atoms with Crippen molar-refractivity contribution in [3.05, 3.63) is 33.4 Å². The number of unbranched alkanes of at least 4 members (excludes halogenated alkanes) is 1. The molecule has 0 aromatic heterocycles. The maximum absolute atomic E-state index is 13.7. The summed E-state index contributed by atoms with van der Waals surface area (Å²) in [6.45, 7) is 21.4. The van der Waals surface area contributed by atoms with Gasteiger partial charge >= 0.3 is 30.0 Å². The van der Waals surface area contributed by atoms with Crippen LogP contribution in [-0.2, 0) is 49.3 Å². The van der Waals surface area contributed by atoms with Crippen LogP contribution in [0, 0.1) is 15.4 Å². The van der Waals surface area contributed by atoms with Gasteiger partial charge in [0, 0.05) is 35.4 Å². The Morgan fingerprint density at radius 1 is 0.651 bits per heavy atom. The fraction of sp³-hybridized carbons (Fsp3) is 0.717. The number of hydrogen-bond donors (Lipinski definition) is 5. The topological polar surface area (TPSA) is 217 Å². The number of alkyl carbamates (subject to hydrolysis) is 1. The highest BCUT2D eigenvalue weighted by atomic mass is 127. The molecule has 1 saturated carbocycles. The van der Waals surface area contributed by atoms with E-state index in [1.54, 1.807) is 62.3 Å². The predicted octanol–water partition coefficient (Wildman–Crippen LogP) is 6.78. The highest BCUT2D eigenvalue weighted by Gasteiger charge is 2.33. The van der Waals surface area contributed by atoms with Gasteiger partial charge in [-0.2, -0.15) is 0 Å². The highest BCUT2D eigenvalue weighted by molar-refractivity contribution is 14.1. The molecule has 5 N–H and O–H groups in total. The number of esters is 3. The molecule has 0 radical (unpaired) electrons. The normalized spacial score (nSPS) is 17.2. The number of rotatable bonds is 19. The van der Waals surface area contributed by atoms with E-state index in [4.69, 9.17) is 18.9 Å². The minimum atomic E-state index is -1.22. The van der Waals surface area contributed by atoms with Crippen LogP contribution in [0.3, 0.4) is 0 Å². The second kappa shape index (κ2) is 24.8. The molecule has 0 spiro atoms. The van der Waals surface area contributed by atoms with E-state index < -0.39 is 70.6 Å². The van der Waals surface area contributed by atoms with E-state index in [0.29, 0.717) is 32.2 Å². The molecule has 0 heterocycles. The van der Waals surface area contributed by atoms with E-state index in [1.807, 2.05) is 45.0 Å². The van der Waals surface area contributed by atoms with Crippen LogP contribution in [0.4, 0.5) is 9.59 Å². The van der Waals surface area contributed by atoms with Crippen LogP contribution in [0.1, 0.15) is 146 Å². The lowest BCUT2D eigenvalue weighted by atomic mass is 9.81. The zero-order valence-corrected chi connectivity index (χ0v) is 41.7. The van der Waals surface area contributed by atoms with Gasteiger partial charge in [0.2, 0.25) is 11.8 Å². The Labute approximate surface area is 388 Å². The number of carbonyl (C=O) groups excluding carboxylic acids is 7. The van der Waals surface area contributed by atoms with Crippen molar-refractivity contribution < 1.29 is 52.5 Å². The molecule has 1 aromatic carbocycles. The molecule has 1 fully saturated rings. The highest BCUT2D eigenvalue weighted by Crippen LogP contribution is 2.29. The summed E-state index contributed by atoms with van der Waals surface area (Å²) in [7, 11) is 0. The van der Waals surface area contributed by atoms with Crippen molar-refractivity contribution in [3.8, 4) is 0 Å². The number of benzene rings is 1. The van der Waals surface area contributed by atoms with Crippen LogP contribution in [0.15, 0.2) is 24.3 Å². The molecule has 16 nitrogen and oxygen atoms in total. The Kier molecular flexibility index (Phi) is 21.6. The Morgan fingerprint density at radius 3 is 1.71 bits per heavy atom. The molecule has 1 aliphatic rings. The molecule has 63 heavy (non-hydrogen) atoms. The van der Waals surface area contributed by atoms with Gasteiger partial charge in [0.25, 0.3) is 0 Å². The third kappa shape index (κ3) is 24.5. The van der Waals surface area contributed by atoms with Gasteiger partial charge in [-0.3, -0.25) is 14.4 Å². The molecule has 1 aliphatic carbocycles. The second-order valence-corrected chi connectivity index (χ2v) is 21.4. The van der Waals surface area contributed by atoms with Crippen LogP contribution in [0.2, 0.25) is 0 Å². The van der Waals surface area contributed by atoms with Crippen LogP contribution in [-0.4, -0.2) is 95.5 Å². The summed E-state index contributed by atoms with van der Waals surface area (Å²) < 4.78 is 22.8. The maximum atomic E-state index is 13.7. The molecule has 0 unspecified atom stereocenters. The largest absolute Gasteiger partial charge is 0.460 e. The monoisotopic (exact) mass is 999 g/mol. The number of ether oxygens (including phenoxy) is 4. The van der Waals surface area contributed by atoms with E-state index in [1.165, 1.54) is 0 Å². The third-order valence-electron chi connectivity index (χ3n) is 9.38. The Balaban J connectivity index is 2.06. The Morgan fingerprint density at radius 2 is 1.19 bits per heavy atom. The number of hydrogen-bond acceptors (Lipinski definition) is 11. The number of carbonyl (C=O) groups is 7. The van der Waals surface area contributed by atoms with Crippen molar-refractivity contribution in [1.82, 2.24) is 26.6 Å². The van der Waals surface area contributed by atoms with Gasteiger partial charge in [-0.15, -0.1) is 0 Å². The standard InChI is InChI=1S/C46H74IN5O11/c1-43(2,3)60-36(53)24-23-34(40(57)62-45(7,8)9)52-41(58)51-33(39(56)61-44(4,5)6)18-13-14-25-48-38(55)35(27-30-16-15-17-32(47)26-30)50-37(54)31-21-19-29(20-22-31)28-49-42(59)63-46(10,11)12/h15-17,26,29,31,33-35H,13-14,18-25,27-28H2,1-12H3,(H,48,55)(H,49,59)(H,50,54)(H2,51,52,58)/t29?,31?,33-,34-,35-/m0/s1. The van der Waals surface area contributed by atoms with E-state index in [2.05, 4.69) is 49.2 Å². The van der Waals surface area contributed by atoms with Gasteiger partial charge in [0.1, 0.15) is 40.5 Å². The summed E-state index contributed by atoms with van der Waals surface area (Å²) in [5.74, 6) is -2.58. The van der Waals surface area contributed by atoms with Crippen LogP contribution < -0.4 is 26.6 Å². The van der Waals surface area contributed by atoms with E-state index in [-0.39, 0.29) is 55.9 Å². The summed E-state index contributed by atoms with van der Waals surface area (Å²) >= 11 is 2.20. The summed E-state index contributed by atoms with van der Waals surface area (Å²) in [6.07, 6.45) is 3.26. The minimum Gasteiger partial charge on any atom is -0.460 e. The smallest absolute Gasteiger partial charge is 0.407 e. The predicted molar refractivity (Wildman–Crippen MR) is 247 cm³/mol. The van der Waals surface area contributed by atoms with E-state index >= 15 is 0 Å². The van der Waals surface area contributed by atoms with Gasteiger partial charge in [0.05, 0.1) is 0 Å². The van der Waals surface area contributed by atoms with Gasteiger partial charge in [-0.05, 0) is 181 Å². The SMILES string of the molecule is CC(C)(C)OC(=O)CC[C@H](NC(=O)N[C@@H](CCCCNC(=O)[C@H](Cc1cccc(I)c1)NC(=O)C1CCC(CNC(=O)OC(C)(C)C)CC1)C(=O)OC(C)(C)C)C(=O)OC(C)(C)C. The first-order chi connectivity index (χ1) is 29.0. The summed E-state index contributed by atoms with van der Waals surface area (Å²) in [6, 6.07) is 3.72. The van der Waals surface area contributed by atoms with E-state index in [9.17, 15) is 33.6 Å². The first-order valence-corrected chi connectivity index (χ1v) is 23.1. The molecule has 3 atom stereocenters. The number of halogens is 1. The molecule has 0 aliphatic heterocycles. The van der Waals surface area contributed by atoms with Crippen molar-refractivity contribution in [2.45, 2.75) is 188 Å². The summed E-state index contributed by atoms with van der Waals surface area (Å²) in [5, 5.41) is 14.0. The Bertz CT molecular complexity index is 1700. The number of urea groups is 1. The van der Waals surface area contributed by atoms with Gasteiger partial charge in [0.15, 0.2) is 0 Å². The summed E-state index contributed by atoms with van der Waals surface area (Å²) in [4.78, 5) is 91.6. The first kappa shape index (κ1) is 55.0. The molecule has 2 rings (SSSR count). The van der Waals surface area contributed by atoms with Crippen LogP contribution in [0.5, 0.6) is 0 Å². The van der Waals surface area contributed by atoms with Crippen molar-refractivity contribution >= 4 is 64.4 Å². The molecule has 0 bridgehead atoms. The maximum Gasteiger partial charge on any atom is 0.407 e. The summed E-state index contributed by atoms with van der Waals surface area (Å²) in [5.41, 5.74) is -2.17. The van der Waals surface area contributed by atoms with Crippen LogP contribution in [0.25, 0.3) is 0 Å². The molecular weight excluding hydrogens is 925 g/mol. The number of amides is 5. The fourth-order valence-electron chi connectivity index (χ4n) is 6.63. The zero-order valence-electron chi connectivity index (χ0n) is 39.6. The second-order valence-electron chi connectivity index (χ2n) is 20.2. The van der Waals surface area contributed by atoms with Gasteiger partial charge < -0.3 is 45.5 Å². The first-order valence-electron chi connectivity index (χ1n) is 22.0. The van der Waals surface area contributed by atoms with E-state index in [0.717, 1.165) is 22.0 Å². The molecule has 1 aromatic rings. The zero-order chi connectivity index (χ0) is 47.8. The fourth-order valence-corrected chi connectivity index (χ4v) is 7.24. The lowest BCUT2D eigenvalue weighted by Crippen LogP contribution is -2.53. The van der Waals surface area contributed by atoms with Crippen molar-refractivity contribution in [2.75, 3.05) is 13.1 Å². The minimum absolute atomic E-state index is 0.102. The quantitative estimate of drug-likeness (QED) is 0.0422. The van der Waals surface area contributed by atoms with Crippen molar-refractivity contribution in [2.24, 2.45) is 11.8 Å². The lowest BCUT2D eigenvalue weighted by Gasteiger charge is -2.29. The van der Waals surface area contributed by atoms with Gasteiger partial charge in [-0.1, -0.05) is 12.1 Å². The molecule has 356 valence electrons. The molecule has 5 amide bonds. The van der Waals surface area contributed by atoms with Gasteiger partial charge in [-0.25, -0.2) is 19.2 Å².